The molecular formula is C12H23NOS. The lowest BCUT2D eigenvalue weighted by Crippen LogP contribution is -2.48. The van der Waals surface area contributed by atoms with Crippen LogP contribution in [0, 0.1) is 5.92 Å². The Balaban J connectivity index is 1.74. The minimum atomic E-state index is 0.556. The maximum atomic E-state index is 5.29. The van der Waals surface area contributed by atoms with Crippen LogP contribution in [0.5, 0.6) is 0 Å². The predicted molar refractivity (Wildman–Crippen MR) is 66.5 cm³/mol. The normalized spacial score (nSPS) is 26.0. The number of rotatable bonds is 7. The van der Waals surface area contributed by atoms with Crippen molar-refractivity contribution in [1.29, 1.82) is 0 Å². The summed E-state index contributed by atoms with van der Waals surface area (Å²) >= 11 is 2.05. The van der Waals surface area contributed by atoms with Gasteiger partial charge in [0.25, 0.3) is 0 Å². The van der Waals surface area contributed by atoms with Gasteiger partial charge >= 0.3 is 0 Å². The number of hydrogen-bond donors (Lipinski definition) is 1. The van der Waals surface area contributed by atoms with Crippen LogP contribution in [-0.2, 0) is 4.74 Å². The molecule has 2 rings (SSSR count). The zero-order chi connectivity index (χ0) is 10.7. The van der Waals surface area contributed by atoms with Gasteiger partial charge in [-0.3, -0.25) is 0 Å². The molecule has 0 amide bonds. The van der Waals surface area contributed by atoms with Crippen molar-refractivity contribution in [3.63, 3.8) is 0 Å². The highest BCUT2D eigenvalue weighted by atomic mass is 32.2. The molecular weight excluding hydrogens is 206 g/mol. The van der Waals surface area contributed by atoms with Crippen LogP contribution >= 0.6 is 11.8 Å². The lowest BCUT2D eigenvalue weighted by atomic mass is 9.84. The summed E-state index contributed by atoms with van der Waals surface area (Å²) in [5.41, 5.74) is 0. The molecule has 0 bridgehead atoms. The van der Waals surface area contributed by atoms with E-state index in [0.717, 1.165) is 12.5 Å². The summed E-state index contributed by atoms with van der Waals surface area (Å²) in [7, 11) is 1.81. The lowest BCUT2D eigenvalue weighted by molar-refractivity contribution is 0.153. The highest BCUT2D eigenvalue weighted by Gasteiger charge is 2.38. The first-order chi connectivity index (χ1) is 7.29. The van der Waals surface area contributed by atoms with Crippen molar-refractivity contribution in [1.82, 2.24) is 5.32 Å². The van der Waals surface area contributed by atoms with Crippen LogP contribution in [0.25, 0.3) is 0 Å². The summed E-state index contributed by atoms with van der Waals surface area (Å²) in [6.07, 6.45) is 9.25. The van der Waals surface area contributed by atoms with Crippen LogP contribution in [-0.4, -0.2) is 37.3 Å². The van der Waals surface area contributed by atoms with E-state index in [0.29, 0.717) is 10.8 Å². The lowest BCUT2D eigenvalue weighted by Gasteiger charge is -2.41. The van der Waals surface area contributed by atoms with E-state index in [-0.39, 0.29) is 0 Å². The van der Waals surface area contributed by atoms with Crippen LogP contribution in [0.3, 0.4) is 0 Å². The molecule has 88 valence electrons. The fraction of sp³-hybridized carbons (Fsp3) is 1.00. The minimum absolute atomic E-state index is 0.556. The molecule has 0 aromatic carbocycles. The largest absolute Gasteiger partial charge is 0.383 e. The van der Waals surface area contributed by atoms with Gasteiger partial charge in [0.1, 0.15) is 0 Å². The molecule has 1 unspecified atom stereocenters. The second kappa shape index (κ2) is 5.07. The average Bonchev–Trinajstić information content (AvgIpc) is 2.98. The molecule has 15 heavy (non-hydrogen) atoms. The molecule has 1 N–H and O–H groups in total. The smallest absolute Gasteiger partial charge is 0.0618 e. The van der Waals surface area contributed by atoms with Gasteiger partial charge in [-0.1, -0.05) is 6.42 Å². The van der Waals surface area contributed by atoms with E-state index in [9.17, 15) is 0 Å². The van der Waals surface area contributed by atoms with Crippen molar-refractivity contribution in [2.75, 3.05) is 26.5 Å². The number of methoxy groups -OCH3 is 1. The quantitative estimate of drug-likeness (QED) is 0.724. The van der Waals surface area contributed by atoms with Crippen LogP contribution in [0.1, 0.15) is 32.1 Å². The van der Waals surface area contributed by atoms with Crippen molar-refractivity contribution >= 4 is 11.8 Å². The van der Waals surface area contributed by atoms with E-state index in [1.807, 2.05) is 18.9 Å². The SMILES string of the molecule is COCC(NCC1(SC)CCC1)C1CC1. The second-order valence-electron chi connectivity index (χ2n) is 5.02. The van der Waals surface area contributed by atoms with E-state index < -0.39 is 0 Å². The zero-order valence-corrected chi connectivity index (χ0v) is 10.7. The summed E-state index contributed by atoms with van der Waals surface area (Å²) < 4.78 is 5.84. The van der Waals surface area contributed by atoms with E-state index in [1.165, 1.54) is 38.6 Å². The molecule has 2 aliphatic carbocycles. The number of thioether (sulfide) groups is 1. The molecule has 0 saturated heterocycles. The Labute approximate surface area is 97.5 Å². The minimum Gasteiger partial charge on any atom is -0.383 e. The van der Waals surface area contributed by atoms with E-state index in [1.54, 1.807) is 0 Å². The average molecular weight is 229 g/mol. The third-order valence-electron chi connectivity index (χ3n) is 3.92. The van der Waals surface area contributed by atoms with Crippen molar-refractivity contribution < 1.29 is 4.74 Å². The van der Waals surface area contributed by atoms with Crippen LogP contribution < -0.4 is 5.32 Å². The maximum absolute atomic E-state index is 5.29. The predicted octanol–water partition coefficient (Wildman–Crippen LogP) is 2.29. The van der Waals surface area contributed by atoms with Crippen LogP contribution in [0.4, 0.5) is 0 Å². The summed E-state index contributed by atoms with van der Waals surface area (Å²) in [6.45, 7) is 2.06. The first kappa shape index (κ1) is 11.7. The van der Waals surface area contributed by atoms with Gasteiger partial charge in [-0.25, -0.2) is 0 Å². The van der Waals surface area contributed by atoms with E-state index in [4.69, 9.17) is 4.74 Å². The molecule has 1 atom stereocenters. The summed E-state index contributed by atoms with van der Waals surface area (Å²) in [6, 6.07) is 0.611. The Morgan fingerprint density at radius 3 is 2.60 bits per heavy atom. The van der Waals surface area contributed by atoms with Crippen LogP contribution in [0.15, 0.2) is 0 Å². The van der Waals surface area contributed by atoms with Gasteiger partial charge in [-0.2, -0.15) is 11.8 Å². The molecule has 2 nitrogen and oxygen atoms in total. The van der Waals surface area contributed by atoms with Gasteiger partial charge in [-0.15, -0.1) is 0 Å². The topological polar surface area (TPSA) is 21.3 Å². The Morgan fingerprint density at radius 2 is 2.20 bits per heavy atom. The summed E-state index contributed by atoms with van der Waals surface area (Å²) in [4.78, 5) is 0. The van der Waals surface area contributed by atoms with E-state index >= 15 is 0 Å². The molecule has 2 aliphatic rings. The van der Waals surface area contributed by atoms with Gasteiger partial charge in [0.2, 0.25) is 0 Å². The standard InChI is InChI=1S/C12H23NOS/c1-14-8-11(10-4-5-10)13-9-12(15-2)6-3-7-12/h10-11,13H,3-9H2,1-2H3. The molecule has 0 radical (unpaired) electrons. The van der Waals surface area contributed by atoms with Crippen molar-refractivity contribution in [2.45, 2.75) is 42.9 Å². The molecule has 0 aromatic heterocycles. The summed E-state index contributed by atoms with van der Waals surface area (Å²) in [5, 5.41) is 3.73. The molecule has 0 aromatic rings. The molecule has 0 spiro atoms. The maximum Gasteiger partial charge on any atom is 0.0618 e. The van der Waals surface area contributed by atoms with Crippen molar-refractivity contribution in [2.24, 2.45) is 5.92 Å². The van der Waals surface area contributed by atoms with Crippen LogP contribution in [0.2, 0.25) is 0 Å². The molecule has 0 heterocycles. The molecule has 0 aliphatic heterocycles. The number of ether oxygens (including phenoxy) is 1. The Morgan fingerprint density at radius 1 is 1.47 bits per heavy atom. The Bertz CT molecular complexity index is 196. The molecule has 3 heteroatoms. The first-order valence-electron chi connectivity index (χ1n) is 6.07. The zero-order valence-electron chi connectivity index (χ0n) is 9.92. The molecule has 2 fully saturated rings. The van der Waals surface area contributed by atoms with Gasteiger partial charge < -0.3 is 10.1 Å². The third-order valence-corrected chi connectivity index (χ3v) is 5.34. The number of hydrogen-bond acceptors (Lipinski definition) is 3. The Kier molecular flexibility index (Phi) is 3.97. The van der Waals surface area contributed by atoms with Crippen molar-refractivity contribution in [3.05, 3.63) is 0 Å². The van der Waals surface area contributed by atoms with Crippen molar-refractivity contribution in [3.8, 4) is 0 Å². The Hall–Kier alpha value is 0.270. The second-order valence-corrected chi connectivity index (χ2v) is 6.30. The van der Waals surface area contributed by atoms with E-state index in [2.05, 4.69) is 11.6 Å². The third kappa shape index (κ3) is 2.89. The highest BCUT2D eigenvalue weighted by molar-refractivity contribution is 8.00. The first-order valence-corrected chi connectivity index (χ1v) is 7.30. The van der Waals surface area contributed by atoms with Gasteiger partial charge in [0.05, 0.1) is 6.61 Å². The van der Waals surface area contributed by atoms with Gasteiger partial charge in [0, 0.05) is 24.4 Å². The van der Waals surface area contributed by atoms with Gasteiger partial charge in [-0.05, 0) is 37.9 Å². The van der Waals surface area contributed by atoms with Gasteiger partial charge in [0.15, 0.2) is 0 Å². The highest BCUT2D eigenvalue weighted by Crippen LogP contribution is 2.42. The molecule has 2 saturated carbocycles. The monoisotopic (exact) mass is 229 g/mol. The fourth-order valence-corrected chi connectivity index (χ4v) is 3.31. The number of nitrogens with one attached hydrogen (secondary N) is 1. The summed E-state index contributed by atoms with van der Waals surface area (Å²) in [5.74, 6) is 0.893. The fourth-order valence-electron chi connectivity index (χ4n) is 2.38.